The maximum Gasteiger partial charge on any atom is 0.128 e. The zero-order chi connectivity index (χ0) is 14.6. The second-order valence-electron chi connectivity index (χ2n) is 7.93. The van der Waals surface area contributed by atoms with Gasteiger partial charge < -0.3 is 11.1 Å². The lowest BCUT2D eigenvalue weighted by Gasteiger charge is -2.59. The summed E-state index contributed by atoms with van der Waals surface area (Å²) in [7, 11) is 2.11. The Hall–Kier alpha value is -1.09. The van der Waals surface area contributed by atoms with Crippen molar-refractivity contribution < 1.29 is 0 Å². The molecule has 1 aromatic heterocycles. The molecule has 4 aliphatic rings. The van der Waals surface area contributed by atoms with E-state index in [0.29, 0.717) is 11.5 Å². The number of anilines is 1. The van der Waals surface area contributed by atoms with Gasteiger partial charge in [0, 0.05) is 17.8 Å². The summed E-state index contributed by atoms with van der Waals surface area (Å²) >= 11 is 0. The van der Waals surface area contributed by atoms with Gasteiger partial charge in [0.15, 0.2) is 0 Å². The summed E-state index contributed by atoms with van der Waals surface area (Å²) in [4.78, 5) is 4.37. The van der Waals surface area contributed by atoms with Crippen molar-refractivity contribution in [2.75, 3.05) is 12.8 Å². The number of hydrogen-bond acceptors (Lipinski definition) is 3. The highest BCUT2D eigenvalue weighted by Crippen LogP contribution is 2.64. The molecule has 4 bridgehead atoms. The predicted molar refractivity (Wildman–Crippen MR) is 85.8 cm³/mol. The molecule has 1 aromatic rings. The van der Waals surface area contributed by atoms with Crippen LogP contribution in [0, 0.1) is 30.1 Å². The minimum atomic E-state index is 0.375. The molecule has 0 spiro atoms. The lowest BCUT2D eigenvalue weighted by Crippen LogP contribution is -2.51. The molecule has 1 heterocycles. The van der Waals surface area contributed by atoms with E-state index in [4.69, 9.17) is 5.73 Å². The molecule has 0 aliphatic heterocycles. The van der Waals surface area contributed by atoms with Gasteiger partial charge in [-0.05, 0) is 87.3 Å². The number of nitrogens with two attached hydrogens (primary N) is 1. The van der Waals surface area contributed by atoms with E-state index in [1.54, 1.807) is 0 Å². The minimum absolute atomic E-state index is 0.375. The van der Waals surface area contributed by atoms with Crippen LogP contribution in [-0.4, -0.2) is 12.0 Å². The Morgan fingerprint density at radius 2 is 1.76 bits per heavy atom. The van der Waals surface area contributed by atoms with Crippen LogP contribution in [0.2, 0.25) is 0 Å². The van der Waals surface area contributed by atoms with Crippen LogP contribution in [0.3, 0.4) is 0 Å². The molecule has 3 nitrogen and oxygen atoms in total. The summed E-state index contributed by atoms with van der Waals surface area (Å²) in [6.07, 6.45) is 10.4. The lowest BCUT2D eigenvalue weighted by molar-refractivity contribution is -0.0736. The highest BCUT2D eigenvalue weighted by Gasteiger charge is 2.54. The Morgan fingerprint density at radius 1 is 1.19 bits per heavy atom. The Bertz CT molecular complexity index is 496. The molecule has 21 heavy (non-hydrogen) atoms. The maximum absolute atomic E-state index is 6.27. The average molecular weight is 285 g/mol. The van der Waals surface area contributed by atoms with E-state index in [2.05, 4.69) is 30.3 Å². The van der Waals surface area contributed by atoms with E-state index in [1.807, 2.05) is 6.20 Å². The van der Waals surface area contributed by atoms with Crippen LogP contribution in [0.5, 0.6) is 0 Å². The van der Waals surface area contributed by atoms with Crippen LogP contribution in [0.1, 0.15) is 55.7 Å². The number of nitrogens with zero attached hydrogens (tertiary/aromatic N) is 1. The van der Waals surface area contributed by atoms with Gasteiger partial charge in [-0.1, -0.05) is 0 Å². The second kappa shape index (κ2) is 4.70. The third kappa shape index (κ3) is 2.01. The Labute approximate surface area is 127 Å². The van der Waals surface area contributed by atoms with Crippen LogP contribution in [-0.2, 0) is 0 Å². The van der Waals surface area contributed by atoms with E-state index in [0.717, 1.165) is 23.6 Å². The molecule has 0 amide bonds. The normalized spacial score (nSPS) is 38.7. The van der Waals surface area contributed by atoms with Gasteiger partial charge in [0.05, 0.1) is 0 Å². The molecule has 114 valence electrons. The van der Waals surface area contributed by atoms with E-state index in [-0.39, 0.29) is 0 Å². The molecule has 0 saturated heterocycles. The van der Waals surface area contributed by atoms with E-state index >= 15 is 0 Å². The van der Waals surface area contributed by atoms with Crippen molar-refractivity contribution in [2.24, 2.45) is 23.2 Å². The SMILES string of the molecule is CNC(c1c(C)ccnc1N)C12CC3CC(CC(C3)C1)C2. The van der Waals surface area contributed by atoms with Gasteiger partial charge in [0.2, 0.25) is 0 Å². The van der Waals surface area contributed by atoms with Gasteiger partial charge in [-0.3, -0.25) is 0 Å². The summed E-state index contributed by atoms with van der Waals surface area (Å²) in [6.45, 7) is 2.18. The Balaban J connectivity index is 1.76. The topological polar surface area (TPSA) is 50.9 Å². The van der Waals surface area contributed by atoms with Gasteiger partial charge in [-0.15, -0.1) is 0 Å². The second-order valence-corrected chi connectivity index (χ2v) is 7.93. The molecule has 4 fully saturated rings. The van der Waals surface area contributed by atoms with Crippen LogP contribution in [0.4, 0.5) is 5.82 Å². The predicted octanol–water partition coefficient (Wildman–Crippen LogP) is 3.45. The summed E-state index contributed by atoms with van der Waals surface area (Å²) in [5.74, 6) is 3.62. The van der Waals surface area contributed by atoms with E-state index in [1.165, 1.54) is 49.7 Å². The molecule has 0 aromatic carbocycles. The van der Waals surface area contributed by atoms with Crippen molar-refractivity contribution in [3.63, 3.8) is 0 Å². The molecule has 0 radical (unpaired) electrons. The first kappa shape index (κ1) is 13.6. The quantitative estimate of drug-likeness (QED) is 0.894. The van der Waals surface area contributed by atoms with Crippen molar-refractivity contribution in [1.29, 1.82) is 0 Å². The number of nitrogens with one attached hydrogen (secondary N) is 1. The number of rotatable bonds is 3. The van der Waals surface area contributed by atoms with Gasteiger partial charge in [-0.2, -0.15) is 0 Å². The van der Waals surface area contributed by atoms with Crippen LogP contribution >= 0.6 is 0 Å². The highest BCUT2D eigenvalue weighted by atomic mass is 14.9. The van der Waals surface area contributed by atoms with Gasteiger partial charge in [0.25, 0.3) is 0 Å². The Kier molecular flexibility index (Phi) is 3.04. The summed E-state index contributed by atoms with van der Waals surface area (Å²) in [6, 6.07) is 2.48. The zero-order valence-electron chi connectivity index (χ0n) is 13.2. The summed E-state index contributed by atoms with van der Waals surface area (Å²) in [5.41, 5.74) is 9.24. The monoisotopic (exact) mass is 285 g/mol. The molecular formula is C18H27N3. The van der Waals surface area contributed by atoms with Gasteiger partial charge in [0.1, 0.15) is 5.82 Å². The molecule has 5 rings (SSSR count). The minimum Gasteiger partial charge on any atom is -0.383 e. The molecule has 3 N–H and O–H groups in total. The number of pyridine rings is 1. The first-order chi connectivity index (χ1) is 10.1. The smallest absolute Gasteiger partial charge is 0.128 e. The average Bonchev–Trinajstić information content (AvgIpc) is 2.41. The first-order valence-corrected chi connectivity index (χ1v) is 8.49. The van der Waals surface area contributed by atoms with Crippen molar-refractivity contribution >= 4 is 5.82 Å². The van der Waals surface area contributed by atoms with Crippen molar-refractivity contribution in [3.05, 3.63) is 23.4 Å². The van der Waals surface area contributed by atoms with Crippen molar-refractivity contribution in [3.8, 4) is 0 Å². The van der Waals surface area contributed by atoms with E-state index in [9.17, 15) is 0 Å². The molecule has 4 saturated carbocycles. The fraction of sp³-hybridized carbons (Fsp3) is 0.722. The van der Waals surface area contributed by atoms with Crippen LogP contribution < -0.4 is 11.1 Å². The number of aromatic nitrogens is 1. The van der Waals surface area contributed by atoms with Gasteiger partial charge >= 0.3 is 0 Å². The number of hydrogen-bond donors (Lipinski definition) is 2. The lowest BCUT2D eigenvalue weighted by atomic mass is 9.47. The summed E-state index contributed by atoms with van der Waals surface area (Å²) in [5, 5.41) is 3.64. The zero-order valence-corrected chi connectivity index (χ0v) is 13.2. The fourth-order valence-corrected chi connectivity index (χ4v) is 6.25. The highest BCUT2D eigenvalue weighted by molar-refractivity contribution is 5.47. The van der Waals surface area contributed by atoms with Crippen molar-refractivity contribution in [2.45, 2.75) is 51.5 Å². The third-order valence-corrected chi connectivity index (χ3v) is 6.51. The molecular weight excluding hydrogens is 258 g/mol. The van der Waals surface area contributed by atoms with E-state index < -0.39 is 0 Å². The van der Waals surface area contributed by atoms with Crippen LogP contribution in [0.25, 0.3) is 0 Å². The van der Waals surface area contributed by atoms with Crippen molar-refractivity contribution in [1.82, 2.24) is 10.3 Å². The molecule has 4 aliphatic carbocycles. The molecule has 1 atom stereocenters. The number of nitrogen functional groups attached to an aromatic ring is 1. The number of aryl methyl sites for hydroxylation is 1. The fourth-order valence-electron chi connectivity index (χ4n) is 6.25. The first-order valence-electron chi connectivity index (χ1n) is 8.49. The molecule has 3 heteroatoms. The Morgan fingerprint density at radius 3 is 2.24 bits per heavy atom. The maximum atomic E-state index is 6.27. The van der Waals surface area contributed by atoms with Crippen LogP contribution in [0.15, 0.2) is 12.3 Å². The molecule has 1 unspecified atom stereocenters. The third-order valence-electron chi connectivity index (χ3n) is 6.51. The largest absolute Gasteiger partial charge is 0.383 e. The summed E-state index contributed by atoms with van der Waals surface area (Å²) < 4.78 is 0. The van der Waals surface area contributed by atoms with Gasteiger partial charge in [-0.25, -0.2) is 4.98 Å². The standard InChI is InChI=1S/C18H27N3/c1-11-3-4-21-17(19)15(11)16(20-2)18-8-12-5-13(9-18)7-14(6-12)10-18/h3-4,12-14,16,20H,5-10H2,1-2H3,(H2,19,21).